The normalized spacial score (nSPS) is 19.3. The number of nitrogens with zero attached hydrogens (tertiary/aromatic N) is 4. The van der Waals surface area contributed by atoms with E-state index in [9.17, 15) is 4.79 Å². The highest BCUT2D eigenvalue weighted by Crippen LogP contribution is 2.18. The Balaban J connectivity index is 1.51. The van der Waals surface area contributed by atoms with E-state index in [0.29, 0.717) is 24.8 Å². The first kappa shape index (κ1) is 15.6. The Labute approximate surface area is 137 Å². The maximum absolute atomic E-state index is 12.3. The molecule has 0 aromatic carbocycles. The smallest absolute Gasteiger partial charge is 0.317 e. The second-order valence-corrected chi connectivity index (χ2v) is 6.25. The summed E-state index contributed by atoms with van der Waals surface area (Å²) in [6, 6.07) is 7.95. The summed E-state index contributed by atoms with van der Waals surface area (Å²) in [5.74, 6) is 0.816. The van der Waals surface area contributed by atoms with Gasteiger partial charge < -0.3 is 15.1 Å². The number of nitriles is 1. The van der Waals surface area contributed by atoms with Crippen molar-refractivity contribution in [2.45, 2.75) is 38.1 Å². The Hall–Kier alpha value is -2.29. The van der Waals surface area contributed by atoms with E-state index >= 15 is 0 Å². The third kappa shape index (κ3) is 3.92. The zero-order valence-electron chi connectivity index (χ0n) is 13.4. The molecule has 0 unspecified atom stereocenters. The molecule has 122 valence electrons. The number of pyridine rings is 1. The molecule has 2 fully saturated rings. The first-order valence-electron chi connectivity index (χ1n) is 8.44. The molecular weight excluding hydrogens is 290 g/mol. The zero-order valence-corrected chi connectivity index (χ0v) is 13.4. The second-order valence-electron chi connectivity index (χ2n) is 6.25. The number of anilines is 1. The van der Waals surface area contributed by atoms with Gasteiger partial charge in [0.05, 0.1) is 0 Å². The van der Waals surface area contributed by atoms with E-state index < -0.39 is 0 Å². The molecule has 1 aromatic heterocycles. The van der Waals surface area contributed by atoms with Gasteiger partial charge in [0.25, 0.3) is 0 Å². The maximum Gasteiger partial charge on any atom is 0.317 e. The molecule has 1 aliphatic heterocycles. The van der Waals surface area contributed by atoms with Crippen molar-refractivity contribution in [1.82, 2.24) is 15.2 Å². The molecule has 0 radical (unpaired) electrons. The van der Waals surface area contributed by atoms with Crippen LogP contribution in [0.2, 0.25) is 0 Å². The molecule has 6 heteroatoms. The minimum atomic E-state index is 0.0651. The number of aromatic nitrogens is 1. The Morgan fingerprint density at radius 3 is 2.61 bits per heavy atom. The number of carbonyl (C=O) groups excluding carboxylic acids is 1. The van der Waals surface area contributed by atoms with E-state index in [1.165, 1.54) is 19.3 Å². The van der Waals surface area contributed by atoms with Gasteiger partial charge in [0, 0.05) is 32.2 Å². The Bertz CT molecular complexity index is 583. The molecule has 1 N–H and O–H groups in total. The van der Waals surface area contributed by atoms with Crippen molar-refractivity contribution < 1.29 is 4.79 Å². The van der Waals surface area contributed by atoms with Crippen molar-refractivity contribution in [1.29, 1.82) is 5.26 Å². The van der Waals surface area contributed by atoms with Gasteiger partial charge in [0.15, 0.2) is 0 Å². The molecule has 1 aromatic rings. The van der Waals surface area contributed by atoms with E-state index in [-0.39, 0.29) is 6.03 Å². The number of carbonyl (C=O) groups is 1. The van der Waals surface area contributed by atoms with Gasteiger partial charge in [0.1, 0.15) is 17.6 Å². The summed E-state index contributed by atoms with van der Waals surface area (Å²) < 4.78 is 0. The van der Waals surface area contributed by atoms with Crippen molar-refractivity contribution in [3.63, 3.8) is 0 Å². The molecule has 0 spiro atoms. The fraction of sp³-hybridized carbons (Fsp3) is 0.588. The van der Waals surface area contributed by atoms with E-state index in [2.05, 4.69) is 21.3 Å². The summed E-state index contributed by atoms with van der Waals surface area (Å²) in [6.45, 7) is 2.88. The van der Waals surface area contributed by atoms with Gasteiger partial charge >= 0.3 is 6.03 Å². The Morgan fingerprint density at radius 1 is 1.17 bits per heavy atom. The average molecular weight is 313 g/mol. The van der Waals surface area contributed by atoms with Crippen LogP contribution in [0.25, 0.3) is 0 Å². The summed E-state index contributed by atoms with van der Waals surface area (Å²) in [6.07, 6.45) is 5.95. The highest BCUT2D eigenvalue weighted by Gasteiger charge is 2.24. The first-order chi connectivity index (χ1) is 11.3. The molecule has 0 atom stereocenters. The van der Waals surface area contributed by atoms with Crippen LogP contribution < -0.4 is 10.2 Å². The quantitative estimate of drug-likeness (QED) is 0.907. The van der Waals surface area contributed by atoms with E-state index in [4.69, 9.17) is 5.26 Å². The van der Waals surface area contributed by atoms with Crippen LogP contribution in [0.5, 0.6) is 0 Å². The van der Waals surface area contributed by atoms with Crippen molar-refractivity contribution in [3.8, 4) is 6.07 Å². The number of hydrogen-bond donors (Lipinski definition) is 1. The van der Waals surface area contributed by atoms with Crippen LogP contribution in [0.4, 0.5) is 10.6 Å². The molecule has 2 aliphatic rings. The predicted molar refractivity (Wildman–Crippen MR) is 88.1 cm³/mol. The molecule has 1 saturated carbocycles. The minimum Gasteiger partial charge on any atom is -0.353 e. The van der Waals surface area contributed by atoms with E-state index in [0.717, 1.165) is 31.7 Å². The Kier molecular flexibility index (Phi) is 4.96. The third-order valence-electron chi connectivity index (χ3n) is 4.67. The van der Waals surface area contributed by atoms with Crippen LogP contribution in [0.3, 0.4) is 0 Å². The highest BCUT2D eigenvalue weighted by molar-refractivity contribution is 5.74. The molecule has 2 heterocycles. The lowest BCUT2D eigenvalue weighted by molar-refractivity contribution is 0.186. The molecular formula is C17H23N5O. The summed E-state index contributed by atoms with van der Waals surface area (Å²) in [5, 5.41) is 12.1. The van der Waals surface area contributed by atoms with Gasteiger partial charge in [-0.3, -0.25) is 0 Å². The fourth-order valence-electron chi connectivity index (χ4n) is 3.31. The number of hydrogen-bond acceptors (Lipinski definition) is 4. The predicted octanol–water partition coefficient (Wildman–Crippen LogP) is 2.12. The summed E-state index contributed by atoms with van der Waals surface area (Å²) >= 11 is 0. The lowest BCUT2D eigenvalue weighted by Gasteiger charge is -2.36. The second kappa shape index (κ2) is 7.32. The average Bonchev–Trinajstić information content (AvgIpc) is 2.63. The van der Waals surface area contributed by atoms with Gasteiger partial charge in [-0.1, -0.05) is 25.3 Å². The van der Waals surface area contributed by atoms with Crippen molar-refractivity contribution >= 4 is 11.8 Å². The van der Waals surface area contributed by atoms with Gasteiger partial charge in [-0.25, -0.2) is 9.78 Å². The number of amides is 2. The van der Waals surface area contributed by atoms with Crippen LogP contribution in [-0.4, -0.2) is 48.1 Å². The molecule has 1 saturated heterocycles. The van der Waals surface area contributed by atoms with Crippen LogP contribution in [0, 0.1) is 11.3 Å². The topological polar surface area (TPSA) is 72.3 Å². The number of piperazine rings is 1. The zero-order chi connectivity index (χ0) is 16.1. The largest absolute Gasteiger partial charge is 0.353 e. The number of nitrogens with one attached hydrogen (secondary N) is 1. The molecule has 1 aliphatic carbocycles. The first-order valence-corrected chi connectivity index (χ1v) is 8.44. The molecule has 3 rings (SSSR count). The molecule has 23 heavy (non-hydrogen) atoms. The maximum atomic E-state index is 12.3. The minimum absolute atomic E-state index is 0.0651. The highest BCUT2D eigenvalue weighted by atomic mass is 16.2. The summed E-state index contributed by atoms with van der Waals surface area (Å²) in [5.41, 5.74) is 0.431. The van der Waals surface area contributed by atoms with Crippen molar-refractivity contribution in [3.05, 3.63) is 23.9 Å². The summed E-state index contributed by atoms with van der Waals surface area (Å²) in [4.78, 5) is 20.7. The van der Waals surface area contributed by atoms with Crippen LogP contribution >= 0.6 is 0 Å². The van der Waals surface area contributed by atoms with Crippen LogP contribution in [0.1, 0.15) is 37.8 Å². The fourth-order valence-corrected chi connectivity index (χ4v) is 3.31. The monoisotopic (exact) mass is 313 g/mol. The van der Waals surface area contributed by atoms with E-state index in [1.54, 1.807) is 6.07 Å². The van der Waals surface area contributed by atoms with Gasteiger partial charge in [-0.15, -0.1) is 0 Å². The molecule has 2 amide bonds. The van der Waals surface area contributed by atoms with Gasteiger partial charge in [0.2, 0.25) is 0 Å². The molecule has 6 nitrogen and oxygen atoms in total. The van der Waals surface area contributed by atoms with E-state index in [1.807, 2.05) is 17.0 Å². The third-order valence-corrected chi connectivity index (χ3v) is 4.67. The van der Waals surface area contributed by atoms with Crippen molar-refractivity contribution in [2.24, 2.45) is 0 Å². The van der Waals surface area contributed by atoms with Crippen molar-refractivity contribution in [2.75, 3.05) is 31.1 Å². The standard InChI is InChI=1S/C17H23N5O/c18-13-15-7-4-8-16(19-15)21-9-11-22(12-10-21)17(23)20-14-5-2-1-3-6-14/h4,7-8,14H,1-3,5-6,9-12H2,(H,20,23). The van der Waals surface area contributed by atoms with Gasteiger partial charge in [-0.05, 0) is 25.0 Å². The van der Waals surface area contributed by atoms with Crippen LogP contribution in [-0.2, 0) is 0 Å². The Morgan fingerprint density at radius 2 is 1.91 bits per heavy atom. The lowest BCUT2D eigenvalue weighted by Crippen LogP contribution is -2.53. The lowest BCUT2D eigenvalue weighted by atomic mass is 9.96. The summed E-state index contributed by atoms with van der Waals surface area (Å²) in [7, 11) is 0. The number of urea groups is 1. The van der Waals surface area contributed by atoms with Gasteiger partial charge in [-0.2, -0.15) is 5.26 Å². The van der Waals surface area contributed by atoms with Crippen LogP contribution in [0.15, 0.2) is 18.2 Å². The number of rotatable bonds is 2. The molecule has 0 bridgehead atoms. The SMILES string of the molecule is N#Cc1cccc(N2CCN(C(=O)NC3CCCCC3)CC2)n1.